The molecule has 0 unspecified atom stereocenters. The molecule has 1 fully saturated rings. The molecule has 5 rings (SSSR count). The lowest BCUT2D eigenvalue weighted by Crippen LogP contribution is -2.28. The van der Waals surface area contributed by atoms with Crippen LogP contribution in [-0.2, 0) is 17.5 Å². The summed E-state index contributed by atoms with van der Waals surface area (Å²) in [5, 5.41) is 2.76. The van der Waals surface area contributed by atoms with Gasteiger partial charge in [0.2, 0.25) is 5.91 Å². The molecule has 0 bridgehead atoms. The minimum absolute atomic E-state index is 0.0764. The SMILES string of the molecule is Nc1ccc(/C=C/C(=O)NCc2cc3cc(-c4ccc(C(=O)N5CC[C@H](Cl)C5)cc4)cc(C(F)(F)F)c3o2)cn1. The minimum atomic E-state index is -4.67. The van der Waals surface area contributed by atoms with Crippen LogP contribution in [0.4, 0.5) is 19.0 Å². The van der Waals surface area contributed by atoms with E-state index < -0.39 is 17.6 Å². The van der Waals surface area contributed by atoms with Crippen LogP contribution >= 0.6 is 11.6 Å². The lowest BCUT2D eigenvalue weighted by molar-refractivity contribution is -0.136. The number of nitrogens with zero attached hydrogens (tertiary/aromatic N) is 2. The number of carbonyl (C=O) groups is 2. The second kappa shape index (κ2) is 11.1. The molecule has 2 amide bonds. The maximum absolute atomic E-state index is 14.0. The Morgan fingerprint density at radius 3 is 2.55 bits per heavy atom. The number of alkyl halides is 4. The van der Waals surface area contributed by atoms with Gasteiger partial charge >= 0.3 is 6.18 Å². The van der Waals surface area contributed by atoms with Gasteiger partial charge in [-0.25, -0.2) is 4.98 Å². The summed E-state index contributed by atoms with van der Waals surface area (Å²) in [5.74, 6) is -0.109. The Hall–Kier alpha value is -4.31. The van der Waals surface area contributed by atoms with Gasteiger partial charge in [0.25, 0.3) is 5.91 Å². The highest BCUT2D eigenvalue weighted by Gasteiger charge is 2.35. The monoisotopic (exact) mass is 568 g/mol. The van der Waals surface area contributed by atoms with E-state index in [0.717, 1.165) is 12.5 Å². The highest BCUT2D eigenvalue weighted by atomic mass is 35.5. The van der Waals surface area contributed by atoms with Crippen LogP contribution in [0.15, 0.2) is 71.3 Å². The van der Waals surface area contributed by atoms with E-state index >= 15 is 0 Å². The summed E-state index contributed by atoms with van der Waals surface area (Å²) in [7, 11) is 0. The molecule has 3 heterocycles. The molecular weight excluding hydrogens is 545 g/mol. The van der Waals surface area contributed by atoms with Gasteiger partial charge in [-0.15, -0.1) is 11.6 Å². The van der Waals surface area contributed by atoms with E-state index in [1.807, 2.05) is 0 Å². The average Bonchev–Trinajstić information content (AvgIpc) is 3.56. The van der Waals surface area contributed by atoms with Crippen LogP contribution in [0.2, 0.25) is 0 Å². The van der Waals surface area contributed by atoms with Crippen LogP contribution in [0.1, 0.15) is 33.7 Å². The van der Waals surface area contributed by atoms with Crippen LogP contribution in [0, 0.1) is 0 Å². The van der Waals surface area contributed by atoms with Crippen molar-refractivity contribution in [2.75, 3.05) is 18.8 Å². The van der Waals surface area contributed by atoms with Crippen LogP contribution in [0.3, 0.4) is 0 Å². The van der Waals surface area contributed by atoms with Crippen LogP contribution in [0.5, 0.6) is 0 Å². The van der Waals surface area contributed by atoms with Crippen molar-refractivity contribution in [2.24, 2.45) is 0 Å². The third-order valence-corrected chi connectivity index (χ3v) is 6.89. The maximum Gasteiger partial charge on any atom is 0.420 e. The zero-order chi connectivity index (χ0) is 28.4. The van der Waals surface area contributed by atoms with E-state index in [-0.39, 0.29) is 34.6 Å². The van der Waals surface area contributed by atoms with Crippen molar-refractivity contribution >= 4 is 46.3 Å². The van der Waals surface area contributed by atoms with Gasteiger partial charge in [-0.1, -0.05) is 12.1 Å². The summed E-state index contributed by atoms with van der Waals surface area (Å²) in [6, 6.07) is 13.8. The molecule has 1 saturated heterocycles. The van der Waals surface area contributed by atoms with Crippen molar-refractivity contribution in [3.63, 3.8) is 0 Å². The van der Waals surface area contributed by atoms with Gasteiger partial charge in [0.05, 0.1) is 17.5 Å². The molecule has 0 radical (unpaired) electrons. The zero-order valence-electron chi connectivity index (χ0n) is 21.0. The molecule has 1 atom stereocenters. The Labute approximate surface area is 232 Å². The second-order valence-corrected chi connectivity index (χ2v) is 10.1. The number of likely N-dealkylation sites (tertiary alicyclic amines) is 1. The number of rotatable bonds is 6. The van der Waals surface area contributed by atoms with Crippen LogP contribution in [-0.4, -0.2) is 40.2 Å². The first-order valence-electron chi connectivity index (χ1n) is 12.4. The predicted molar refractivity (Wildman–Crippen MR) is 146 cm³/mol. The minimum Gasteiger partial charge on any atom is -0.459 e. The van der Waals surface area contributed by atoms with Crippen molar-refractivity contribution in [3.8, 4) is 11.1 Å². The first kappa shape index (κ1) is 27.3. The lowest BCUT2D eigenvalue weighted by Gasteiger charge is -2.16. The highest BCUT2D eigenvalue weighted by molar-refractivity contribution is 6.21. The van der Waals surface area contributed by atoms with Crippen molar-refractivity contribution in [1.82, 2.24) is 15.2 Å². The number of hydrogen-bond donors (Lipinski definition) is 2. The van der Waals surface area contributed by atoms with E-state index in [1.54, 1.807) is 47.4 Å². The number of hydrogen-bond acceptors (Lipinski definition) is 5. The standard InChI is InChI=1S/C29H24ClF3N4O3/c30-22-9-10-37(16-22)28(39)19-5-3-18(4-6-19)20-11-21-12-23(40-27(21)24(13-20)29(31,32)33)15-36-26(38)8-2-17-1-7-25(34)35-14-17/h1-8,11-14,22H,9-10,15-16H2,(H2,34,35)(H,36,38)/b8-2+/t22-/m0/s1. The van der Waals surface area contributed by atoms with Gasteiger partial charge in [0, 0.05) is 36.3 Å². The number of aromatic nitrogens is 1. The Morgan fingerprint density at radius 1 is 1.12 bits per heavy atom. The van der Waals surface area contributed by atoms with E-state index in [0.29, 0.717) is 41.2 Å². The summed E-state index contributed by atoms with van der Waals surface area (Å²) in [6.45, 7) is 0.925. The number of benzene rings is 2. The summed E-state index contributed by atoms with van der Waals surface area (Å²) in [5.41, 5.74) is 6.21. The van der Waals surface area contributed by atoms with Crippen molar-refractivity contribution in [2.45, 2.75) is 24.5 Å². The third-order valence-electron chi connectivity index (χ3n) is 6.53. The number of nitrogens with two attached hydrogens (primary N) is 1. The lowest BCUT2D eigenvalue weighted by atomic mass is 9.99. The predicted octanol–water partition coefficient (Wildman–Crippen LogP) is 5.88. The fraction of sp³-hybridized carbons (Fsp3) is 0.207. The molecule has 1 aliphatic rings. The number of fused-ring (bicyclic) bond motifs is 1. The molecule has 2 aromatic heterocycles. The number of pyridine rings is 1. The summed E-state index contributed by atoms with van der Waals surface area (Å²) < 4.78 is 47.5. The summed E-state index contributed by atoms with van der Waals surface area (Å²) >= 11 is 6.10. The van der Waals surface area contributed by atoms with Gasteiger partial charge in [-0.2, -0.15) is 13.2 Å². The topological polar surface area (TPSA) is 101 Å². The summed E-state index contributed by atoms with van der Waals surface area (Å²) in [4.78, 5) is 30.5. The molecule has 11 heteroatoms. The fourth-order valence-electron chi connectivity index (χ4n) is 4.48. The number of nitrogens with one attached hydrogen (secondary N) is 1. The van der Waals surface area contributed by atoms with E-state index in [1.165, 1.54) is 24.4 Å². The van der Waals surface area contributed by atoms with Gasteiger partial charge in [0.15, 0.2) is 0 Å². The molecule has 7 nitrogen and oxygen atoms in total. The quantitative estimate of drug-likeness (QED) is 0.223. The molecule has 3 N–H and O–H groups in total. The Balaban J connectivity index is 1.35. The molecule has 2 aromatic carbocycles. The van der Waals surface area contributed by atoms with Crippen LogP contribution < -0.4 is 11.1 Å². The van der Waals surface area contributed by atoms with Gasteiger partial charge in [-0.05, 0) is 71.7 Å². The number of amides is 2. The normalized spacial score (nSPS) is 15.7. The van der Waals surface area contributed by atoms with Crippen molar-refractivity contribution in [3.05, 3.63) is 89.3 Å². The maximum atomic E-state index is 14.0. The van der Waals surface area contributed by atoms with E-state index in [4.69, 9.17) is 21.8 Å². The van der Waals surface area contributed by atoms with Crippen LogP contribution in [0.25, 0.3) is 28.2 Å². The van der Waals surface area contributed by atoms with Gasteiger partial charge in [0.1, 0.15) is 17.2 Å². The Kier molecular flexibility index (Phi) is 7.53. The van der Waals surface area contributed by atoms with Gasteiger partial charge in [-0.3, -0.25) is 9.59 Å². The molecule has 1 aliphatic heterocycles. The molecular formula is C29H24ClF3N4O3. The third kappa shape index (κ3) is 6.12. The molecule has 206 valence electrons. The zero-order valence-corrected chi connectivity index (χ0v) is 21.8. The molecule has 40 heavy (non-hydrogen) atoms. The molecule has 4 aromatic rings. The largest absolute Gasteiger partial charge is 0.459 e. The first-order chi connectivity index (χ1) is 19.1. The summed E-state index contributed by atoms with van der Waals surface area (Å²) in [6.07, 6.45) is 0.365. The Morgan fingerprint density at radius 2 is 1.90 bits per heavy atom. The average molecular weight is 569 g/mol. The molecule has 0 aliphatic carbocycles. The number of halogens is 4. The smallest absolute Gasteiger partial charge is 0.420 e. The molecule has 0 saturated carbocycles. The second-order valence-electron chi connectivity index (χ2n) is 9.43. The number of furan rings is 1. The number of nitrogen functional groups attached to an aromatic ring is 1. The first-order valence-corrected chi connectivity index (χ1v) is 12.9. The highest BCUT2D eigenvalue weighted by Crippen LogP contribution is 2.39. The van der Waals surface area contributed by atoms with E-state index in [2.05, 4.69) is 10.3 Å². The van der Waals surface area contributed by atoms with Crippen molar-refractivity contribution in [1.29, 1.82) is 0 Å². The van der Waals surface area contributed by atoms with Gasteiger partial charge < -0.3 is 20.4 Å². The number of anilines is 1. The number of carbonyl (C=O) groups excluding carboxylic acids is 2. The van der Waals surface area contributed by atoms with E-state index in [9.17, 15) is 22.8 Å². The molecule has 0 spiro atoms. The fourth-order valence-corrected chi connectivity index (χ4v) is 4.75. The van der Waals surface area contributed by atoms with Crippen molar-refractivity contribution < 1.29 is 27.2 Å². The Bertz CT molecular complexity index is 1580.